The first kappa shape index (κ1) is 13.4. The molecular formula is C7H19NO3. The lowest BCUT2D eigenvalue weighted by atomic mass is 10.4. The van der Waals surface area contributed by atoms with Crippen molar-refractivity contribution in [2.24, 2.45) is 5.73 Å². The molecule has 4 N–H and O–H groups in total. The van der Waals surface area contributed by atoms with Gasteiger partial charge in [0, 0.05) is 19.8 Å². The minimum atomic E-state index is -0.731. The molecule has 0 spiro atoms. The molecule has 1 atom stereocenters. The quantitative estimate of drug-likeness (QED) is 0.517. The fourth-order valence-electron chi connectivity index (χ4n) is 0.279. The number of nitrogens with two attached hydrogens (primary N) is 1. The molecule has 0 saturated heterocycles. The largest absolute Gasteiger partial charge is 0.394 e. The molecule has 0 aromatic heterocycles. The van der Waals surface area contributed by atoms with Crippen LogP contribution in [0, 0.1) is 0 Å². The predicted molar refractivity (Wildman–Crippen MR) is 44.3 cm³/mol. The van der Waals surface area contributed by atoms with E-state index in [1.165, 1.54) is 0 Å². The van der Waals surface area contributed by atoms with Gasteiger partial charge < -0.3 is 20.7 Å². The van der Waals surface area contributed by atoms with E-state index in [0.29, 0.717) is 0 Å². The summed E-state index contributed by atoms with van der Waals surface area (Å²) < 4.78 is 4.83. The van der Waals surface area contributed by atoms with Gasteiger partial charge in [-0.1, -0.05) is 0 Å². The molecule has 0 saturated carbocycles. The van der Waals surface area contributed by atoms with E-state index in [0.717, 1.165) is 13.2 Å². The van der Waals surface area contributed by atoms with E-state index < -0.39 is 6.10 Å². The van der Waals surface area contributed by atoms with E-state index in [9.17, 15) is 0 Å². The van der Waals surface area contributed by atoms with Gasteiger partial charge in [-0.2, -0.15) is 0 Å². The zero-order chi connectivity index (χ0) is 9.11. The number of ether oxygens (including phenoxy) is 1. The Morgan fingerprint density at radius 3 is 1.82 bits per heavy atom. The van der Waals surface area contributed by atoms with Crippen LogP contribution in [-0.4, -0.2) is 42.7 Å². The molecule has 0 aliphatic rings. The van der Waals surface area contributed by atoms with E-state index in [2.05, 4.69) is 0 Å². The maximum Gasteiger partial charge on any atom is 0.0892 e. The third-order valence-electron chi connectivity index (χ3n) is 0.891. The van der Waals surface area contributed by atoms with Crippen molar-refractivity contribution in [2.75, 3.05) is 26.4 Å². The standard InChI is InChI=1S/C4H10O.C3H9NO2/c1-3-5-4-2;4-1-3(6)2-5/h3-4H2,1-2H3;3,5-6H,1-2,4H2. The number of rotatable bonds is 4. The third kappa shape index (κ3) is 17.7. The summed E-state index contributed by atoms with van der Waals surface area (Å²) >= 11 is 0. The van der Waals surface area contributed by atoms with Crippen LogP contribution in [-0.2, 0) is 4.74 Å². The highest BCUT2D eigenvalue weighted by atomic mass is 16.5. The summed E-state index contributed by atoms with van der Waals surface area (Å²) in [5.74, 6) is 0. The average Bonchev–Trinajstić information content (AvgIpc) is 2.06. The van der Waals surface area contributed by atoms with E-state index >= 15 is 0 Å². The second-order valence-electron chi connectivity index (χ2n) is 1.85. The molecule has 0 radical (unpaired) electrons. The molecule has 0 heterocycles. The Morgan fingerprint density at radius 2 is 1.82 bits per heavy atom. The Labute approximate surface area is 68.0 Å². The lowest BCUT2D eigenvalue weighted by molar-refractivity contribution is 0.102. The number of aliphatic hydroxyl groups is 2. The Hall–Kier alpha value is -0.160. The molecule has 0 aliphatic carbocycles. The van der Waals surface area contributed by atoms with Crippen LogP contribution in [0.15, 0.2) is 0 Å². The molecule has 0 aromatic rings. The molecule has 11 heavy (non-hydrogen) atoms. The average molecular weight is 165 g/mol. The molecule has 0 bridgehead atoms. The maximum absolute atomic E-state index is 8.29. The molecule has 1 unspecified atom stereocenters. The summed E-state index contributed by atoms with van der Waals surface area (Å²) in [6, 6.07) is 0. The van der Waals surface area contributed by atoms with Gasteiger partial charge in [0.25, 0.3) is 0 Å². The molecule has 0 fully saturated rings. The van der Waals surface area contributed by atoms with Crippen LogP contribution in [0.4, 0.5) is 0 Å². The number of aliphatic hydroxyl groups excluding tert-OH is 2. The predicted octanol–water partition coefficient (Wildman–Crippen LogP) is -0.659. The highest BCUT2D eigenvalue weighted by molar-refractivity contribution is 4.48. The first-order valence-corrected chi connectivity index (χ1v) is 3.79. The smallest absolute Gasteiger partial charge is 0.0892 e. The summed E-state index contributed by atoms with van der Waals surface area (Å²) in [5, 5.41) is 16.3. The normalized spacial score (nSPS) is 11.7. The van der Waals surface area contributed by atoms with Crippen LogP contribution in [0.5, 0.6) is 0 Å². The molecule has 0 aromatic carbocycles. The fourth-order valence-corrected chi connectivity index (χ4v) is 0.279. The van der Waals surface area contributed by atoms with E-state index in [1.807, 2.05) is 13.8 Å². The van der Waals surface area contributed by atoms with Crippen molar-refractivity contribution < 1.29 is 14.9 Å². The van der Waals surface area contributed by atoms with Gasteiger partial charge >= 0.3 is 0 Å². The summed E-state index contributed by atoms with van der Waals surface area (Å²) in [6.45, 7) is 5.56. The molecular weight excluding hydrogens is 146 g/mol. The van der Waals surface area contributed by atoms with Gasteiger partial charge in [0.1, 0.15) is 0 Å². The van der Waals surface area contributed by atoms with Crippen molar-refractivity contribution in [2.45, 2.75) is 20.0 Å². The lowest BCUT2D eigenvalue weighted by Crippen LogP contribution is -2.22. The number of hydrogen-bond acceptors (Lipinski definition) is 4. The first-order valence-electron chi connectivity index (χ1n) is 3.79. The third-order valence-corrected chi connectivity index (χ3v) is 0.891. The van der Waals surface area contributed by atoms with Crippen molar-refractivity contribution in [1.29, 1.82) is 0 Å². The fraction of sp³-hybridized carbons (Fsp3) is 1.00. The van der Waals surface area contributed by atoms with Crippen molar-refractivity contribution in [3.8, 4) is 0 Å². The van der Waals surface area contributed by atoms with E-state index in [4.69, 9.17) is 20.7 Å². The zero-order valence-corrected chi connectivity index (χ0v) is 7.29. The summed E-state index contributed by atoms with van der Waals surface area (Å²) in [6.07, 6.45) is -0.731. The van der Waals surface area contributed by atoms with Crippen molar-refractivity contribution in [1.82, 2.24) is 0 Å². The molecule has 0 aliphatic heterocycles. The van der Waals surface area contributed by atoms with Crippen LogP contribution < -0.4 is 5.73 Å². The number of hydrogen-bond donors (Lipinski definition) is 3. The molecule has 0 amide bonds. The van der Waals surface area contributed by atoms with Crippen LogP contribution in [0.3, 0.4) is 0 Å². The van der Waals surface area contributed by atoms with Gasteiger partial charge in [-0.15, -0.1) is 0 Å². The second-order valence-corrected chi connectivity index (χ2v) is 1.85. The lowest BCUT2D eigenvalue weighted by Gasteiger charge is -1.97. The van der Waals surface area contributed by atoms with Crippen LogP contribution in [0.25, 0.3) is 0 Å². The highest BCUT2D eigenvalue weighted by Gasteiger charge is 1.92. The highest BCUT2D eigenvalue weighted by Crippen LogP contribution is 1.69. The van der Waals surface area contributed by atoms with Crippen LogP contribution >= 0.6 is 0 Å². The van der Waals surface area contributed by atoms with Gasteiger partial charge in [-0.05, 0) is 13.8 Å². The monoisotopic (exact) mass is 165 g/mol. The van der Waals surface area contributed by atoms with E-state index in [1.54, 1.807) is 0 Å². The summed E-state index contributed by atoms with van der Waals surface area (Å²) in [7, 11) is 0. The summed E-state index contributed by atoms with van der Waals surface area (Å²) in [5.41, 5.74) is 4.87. The van der Waals surface area contributed by atoms with Gasteiger partial charge in [0.2, 0.25) is 0 Å². The topological polar surface area (TPSA) is 75.7 Å². The Balaban J connectivity index is 0. The molecule has 4 nitrogen and oxygen atoms in total. The van der Waals surface area contributed by atoms with E-state index in [-0.39, 0.29) is 13.2 Å². The SMILES string of the molecule is CCOCC.NCC(O)CO. The minimum absolute atomic E-state index is 0.135. The molecule has 0 rings (SSSR count). The first-order chi connectivity index (χ1) is 5.22. The van der Waals surface area contributed by atoms with Crippen molar-refractivity contribution in [3.05, 3.63) is 0 Å². The van der Waals surface area contributed by atoms with Gasteiger partial charge in [0.15, 0.2) is 0 Å². The molecule has 70 valence electrons. The minimum Gasteiger partial charge on any atom is -0.394 e. The van der Waals surface area contributed by atoms with Crippen LogP contribution in [0.1, 0.15) is 13.8 Å². The Bertz CT molecular complexity index is 55.6. The summed E-state index contributed by atoms with van der Waals surface area (Å²) in [4.78, 5) is 0. The van der Waals surface area contributed by atoms with Crippen molar-refractivity contribution >= 4 is 0 Å². The van der Waals surface area contributed by atoms with Gasteiger partial charge in [0.05, 0.1) is 12.7 Å². The maximum atomic E-state index is 8.29. The van der Waals surface area contributed by atoms with Gasteiger partial charge in [-0.25, -0.2) is 0 Å². The zero-order valence-electron chi connectivity index (χ0n) is 7.29. The Kier molecular flexibility index (Phi) is 15.3. The van der Waals surface area contributed by atoms with Crippen molar-refractivity contribution in [3.63, 3.8) is 0 Å². The van der Waals surface area contributed by atoms with Crippen LogP contribution in [0.2, 0.25) is 0 Å². The Morgan fingerprint density at radius 1 is 1.36 bits per heavy atom. The molecule has 4 heteroatoms. The van der Waals surface area contributed by atoms with Gasteiger partial charge in [-0.3, -0.25) is 0 Å². The second kappa shape index (κ2) is 12.5.